The highest BCUT2D eigenvalue weighted by Crippen LogP contribution is 2.06. The molecule has 0 aromatic carbocycles. The van der Waals surface area contributed by atoms with E-state index in [1.165, 1.54) is 114 Å². The zero-order chi connectivity index (χ0) is 85.6. The second kappa shape index (κ2) is 63.4. The van der Waals surface area contributed by atoms with E-state index in [0.717, 1.165) is 48.6 Å². The molecule has 22 N–H and O–H groups in total. The van der Waals surface area contributed by atoms with Gasteiger partial charge < -0.3 is 60.5 Å². The van der Waals surface area contributed by atoms with Gasteiger partial charge >= 0.3 is 81.9 Å². The molecule has 2 saturated heterocycles. The topological polar surface area (TPSA) is 926 Å². The number of hydrogen-bond acceptors (Lipinski definition) is 47. The first-order valence-electron chi connectivity index (χ1n) is 28.0. The van der Waals surface area contributed by atoms with Gasteiger partial charge in [0.15, 0.2) is 6.33 Å². The highest BCUT2D eigenvalue weighted by atomic mass is 32.2. The van der Waals surface area contributed by atoms with E-state index in [0.29, 0.717) is 10.6 Å². The highest BCUT2D eigenvalue weighted by Gasteiger charge is 2.19. The van der Waals surface area contributed by atoms with Crippen LogP contribution in [0.25, 0.3) is 0 Å². The van der Waals surface area contributed by atoms with Crippen molar-refractivity contribution in [2.75, 3.05) is 5.75 Å². The molecular formula is C44H52N34O29S9. The number of carbonyl (C=O) groups excluding carboxylic acids is 4. The molecule has 626 valence electrons. The summed E-state index contributed by atoms with van der Waals surface area (Å²) in [6, 6.07) is 4.21. The summed E-state index contributed by atoms with van der Waals surface area (Å²) in [4.78, 5) is 180. The average molecular weight is 1810 g/mol. The number of thiazole rings is 1. The van der Waals surface area contributed by atoms with Crippen LogP contribution >= 0.6 is 69.7 Å². The van der Waals surface area contributed by atoms with Gasteiger partial charge in [-0.2, -0.15) is 67.0 Å². The summed E-state index contributed by atoms with van der Waals surface area (Å²) < 4.78 is 93.3. The summed E-state index contributed by atoms with van der Waals surface area (Å²) in [6.07, 6.45) is 25.8. The number of hydrogen-bond donors (Lipinski definition) is 22. The molecule has 116 heavy (non-hydrogen) atoms. The highest BCUT2D eigenvalue weighted by molar-refractivity contribution is 8.14. The van der Waals surface area contributed by atoms with Gasteiger partial charge in [0.05, 0.1) is 12.1 Å². The molecule has 1 atom stereocenters. The average Bonchev–Trinajstić information content (AvgIpc) is 1.79. The van der Waals surface area contributed by atoms with Crippen LogP contribution in [-0.2, 0) is 63.7 Å². The summed E-state index contributed by atoms with van der Waals surface area (Å²) in [5, 5.41) is 51.5. The Kier molecular flexibility index (Phi) is 53.9. The molecule has 1 unspecified atom stereocenters. The van der Waals surface area contributed by atoms with E-state index in [4.69, 9.17) is 0 Å². The monoisotopic (exact) mass is 1810 g/mol. The van der Waals surface area contributed by atoms with Crippen molar-refractivity contribution in [1.29, 1.82) is 0 Å². The Labute approximate surface area is 661 Å². The number of carbonyl (C=O) groups is 4. The third kappa shape index (κ3) is 63.5. The maximum absolute atomic E-state index is 10.1. The third-order valence-corrected chi connectivity index (χ3v) is 13.2. The second-order valence-corrected chi connectivity index (χ2v) is 23.9. The first kappa shape index (κ1) is 98.6. The number of nitrogens with zero attached hydrogens (tertiary/aromatic N) is 12. The van der Waals surface area contributed by atoms with Gasteiger partial charge in [0.2, 0.25) is 31.5 Å². The lowest BCUT2D eigenvalue weighted by molar-refractivity contribution is -0.144. The van der Waals surface area contributed by atoms with Crippen LogP contribution in [-0.4, -0.2) is 198 Å². The molecule has 3 amide bonds. The molecule has 0 bridgehead atoms. The number of imidazole rings is 2. The van der Waals surface area contributed by atoms with Crippen molar-refractivity contribution in [2.24, 2.45) is 9.50 Å². The van der Waals surface area contributed by atoms with Gasteiger partial charge in [-0.1, -0.05) is 51.2 Å². The first-order valence-corrected chi connectivity index (χ1v) is 36.8. The molecule has 0 radical (unpaired) electrons. The lowest BCUT2D eigenvalue weighted by atomic mass is 10.4. The molecule has 0 saturated carbocycles. The molecule has 19 heterocycles. The SMILES string of the molecule is O=C1CC(=O)ON1.O=C1CSC(=O)N1.O=S1(=O)N=CNO1.O=S1(=O)NN=CO1.O=S1NC=CO1.O=c1[nH]cc[nH]1.O=c1[nH]cco1.O=c1[nH]ccs1.O=c1[nH]cn[nH]1.O=c1[nH]nco1.O=c1[nH]ncs1.O=c1cc[nH][nH]1.O=c1cco[nH]1.O=c1ccs[nH]1.O=c1nco[nH]1.O=c1ncs[nH]1.S=c1[nH]nco1.c1c[nH]cn1.c1nn[nH]n1. The summed E-state index contributed by atoms with van der Waals surface area (Å²) in [5.41, 5.74) is 5.30. The van der Waals surface area contributed by atoms with Gasteiger partial charge in [0, 0.05) is 78.5 Å². The van der Waals surface area contributed by atoms with Gasteiger partial charge in [-0.15, -0.1) is 34.2 Å². The van der Waals surface area contributed by atoms with Crippen molar-refractivity contribution in [2.45, 2.75) is 6.42 Å². The van der Waals surface area contributed by atoms with Crippen LogP contribution in [0.4, 0.5) is 4.79 Å². The molecule has 63 nitrogen and oxygen atoms in total. The summed E-state index contributed by atoms with van der Waals surface area (Å²) in [7, 11) is -7.11. The fourth-order valence-electron chi connectivity index (χ4n) is 4.11. The number of nitrogens with one attached hydrogen (secondary N) is 22. The van der Waals surface area contributed by atoms with E-state index >= 15 is 0 Å². The molecule has 0 aliphatic carbocycles. The number of aromatic amines is 17. The van der Waals surface area contributed by atoms with Crippen LogP contribution in [0.2, 0.25) is 0 Å². The minimum Gasteiger partial charge on any atom is -0.417 e. The second-order valence-electron chi connectivity index (χ2n) is 16.1. The number of amides is 3. The molecule has 14 aromatic heterocycles. The molecule has 0 spiro atoms. The Hall–Kier alpha value is -15.4. The predicted octanol–water partition coefficient (Wildman–Crippen LogP) is -5.78. The predicted molar refractivity (Wildman–Crippen MR) is 394 cm³/mol. The zero-order valence-electron chi connectivity index (χ0n) is 56.3. The van der Waals surface area contributed by atoms with Crippen molar-refractivity contribution >= 4 is 137 Å². The number of aromatic nitrogens is 27. The number of hydroxylamine groups is 2. The van der Waals surface area contributed by atoms with Gasteiger partial charge in [0.1, 0.15) is 48.9 Å². The van der Waals surface area contributed by atoms with Crippen LogP contribution in [0.15, 0.2) is 231 Å². The van der Waals surface area contributed by atoms with E-state index in [2.05, 4.69) is 197 Å². The number of thioether (sulfide) groups is 1. The third-order valence-electron chi connectivity index (χ3n) is 8.06. The number of oxazole rings is 1. The summed E-state index contributed by atoms with van der Waals surface area (Å²) >= 11 is 8.90. The summed E-state index contributed by atoms with van der Waals surface area (Å²) in [5.74, 6) is -1.70. The molecular weight excluding hydrogens is 1760 g/mol. The standard InChI is InChI=1S/2C3H4N2O.C3H4N2.C3H3NO3.C3H3NO2S.2C3H3NO2.2C3H3NOS.C2H3N3O.2C2H2N2O2.3C2H2N2OS.C2H3NO2S.CH2N4.2CH2N2O3S/c6-3-4-1-2-5-3;6-3-1-2-4-5-3;1-2-5-3-4-1;5-2-1-3(6)7-4-2;5-2-1-7-3(6)4-2;5-3-4-1-2-6-3;5-3-1-2-6-4-3;5-3-4-1-2-6-3;5-3-1-2-6-4-3;6-2-3-1-4-5-2;5-2-4-3-1-6-2;5-2-3-1-6-4-2;5-2-4-3-1-6-2;6-2-4-3-1-5-2;5-2-3-1-6-4-2;4-6-3-1-2-5-6;1-2-4-5-3-1;4-7(5)3-2-1-6-7;4-7(5)3-1-2-6-7/h2*1-2H,(H2,4,5,6);1-3H,(H,4,5);1H2,(H,4,5);1H2,(H,4,5,6);4*1-2H,(H,4,5);1H,(H2,3,4,5,6);3*1H,(H,4,5);1H,(H,4,6);1H,(H,4,5);1-3H;1H,(H,2,3,4,5);1,3H;1H,(H,2,3). The molecule has 19 rings (SSSR count). The Morgan fingerprint density at radius 2 is 1.40 bits per heavy atom. The van der Waals surface area contributed by atoms with E-state index in [-0.39, 0.29) is 67.0 Å². The molecule has 72 heteroatoms. The van der Waals surface area contributed by atoms with Crippen LogP contribution < -0.4 is 86.5 Å². The van der Waals surface area contributed by atoms with Crippen molar-refractivity contribution in [3.8, 4) is 0 Å². The fraction of sp³-hybridized carbons (Fsp3) is 0.0455. The van der Waals surface area contributed by atoms with E-state index in [9.17, 15) is 93.0 Å². The Balaban J connectivity index is 0.000000613. The fourth-order valence-corrected chi connectivity index (χ4v) is 7.35. The lowest BCUT2D eigenvalue weighted by Crippen LogP contribution is -2.18. The molecule has 14 aromatic rings. The molecule has 5 aliphatic heterocycles. The van der Waals surface area contributed by atoms with E-state index in [1.54, 1.807) is 59.1 Å². The van der Waals surface area contributed by atoms with Crippen LogP contribution in [0.5, 0.6) is 0 Å². The largest absolute Gasteiger partial charge is 0.434 e. The Morgan fingerprint density at radius 1 is 0.612 bits per heavy atom. The maximum atomic E-state index is 10.1. The normalized spacial score (nSPS) is 12.8. The number of imide groups is 1. The minimum absolute atomic E-state index is 0.00926. The van der Waals surface area contributed by atoms with Crippen LogP contribution in [0.3, 0.4) is 0 Å². The van der Waals surface area contributed by atoms with Crippen molar-refractivity contribution in [3.63, 3.8) is 0 Å². The van der Waals surface area contributed by atoms with E-state index < -0.39 is 55.0 Å². The molecule has 2 fully saturated rings. The minimum atomic E-state index is -3.59. The lowest BCUT2D eigenvalue weighted by Gasteiger charge is -1.84. The van der Waals surface area contributed by atoms with Crippen molar-refractivity contribution in [1.82, 2.24) is 161 Å². The molecule has 5 aliphatic rings. The van der Waals surface area contributed by atoms with Gasteiger partial charge in [-0.3, -0.25) is 72.2 Å². The van der Waals surface area contributed by atoms with Gasteiger partial charge in [0.25, 0.3) is 32.7 Å². The van der Waals surface area contributed by atoms with Crippen LogP contribution in [0, 0.1) is 4.84 Å². The Morgan fingerprint density at radius 3 is 1.56 bits per heavy atom. The Bertz CT molecular complexity index is 4640. The maximum Gasteiger partial charge on any atom is 0.434 e. The van der Waals surface area contributed by atoms with Gasteiger partial charge in [-0.05, 0) is 23.8 Å². The van der Waals surface area contributed by atoms with Crippen molar-refractivity contribution in [3.05, 3.63) is 265 Å². The van der Waals surface area contributed by atoms with E-state index in [1.807, 2.05) is 21.2 Å². The smallest absolute Gasteiger partial charge is 0.417 e. The number of hydrazone groups is 1. The zero-order valence-corrected chi connectivity index (χ0v) is 63.7. The quantitative estimate of drug-likeness (QED) is 0.0497. The number of rotatable bonds is 0. The van der Waals surface area contributed by atoms with Crippen molar-refractivity contribution < 1.29 is 80.0 Å². The van der Waals surface area contributed by atoms with Crippen LogP contribution in [0.1, 0.15) is 6.42 Å². The first-order chi connectivity index (χ1) is 55.6. The number of H-pyrrole nitrogens is 17. The summed E-state index contributed by atoms with van der Waals surface area (Å²) in [6.45, 7) is 0. The van der Waals surface area contributed by atoms with Gasteiger partial charge in [-0.25, -0.2) is 64.4 Å². The number of tetrazole rings is 1.